The Morgan fingerprint density at radius 1 is 0.850 bits per heavy atom. The molecule has 0 atom stereocenters. The maximum absolute atomic E-state index is 11.4. The fourth-order valence-electron chi connectivity index (χ4n) is 2.13. The van der Waals surface area contributed by atoms with Crippen LogP contribution in [-0.2, 0) is 4.79 Å². The Kier molecular flexibility index (Phi) is 14.3. The third-order valence-electron chi connectivity index (χ3n) is 3.41. The molecule has 0 fully saturated rings. The van der Waals surface area contributed by atoms with Crippen molar-refractivity contribution in [2.24, 2.45) is 0 Å². The lowest BCUT2D eigenvalue weighted by Gasteiger charge is -2.11. The average molecular weight is 285 g/mol. The van der Waals surface area contributed by atoms with Crippen molar-refractivity contribution in [3.05, 3.63) is 0 Å². The molecule has 0 unspecified atom stereocenters. The van der Waals surface area contributed by atoms with E-state index in [1.165, 1.54) is 57.8 Å². The Bertz CT molecular complexity index is 220. The lowest BCUT2D eigenvalue weighted by atomic mass is 10.1. The highest BCUT2D eigenvalue weighted by molar-refractivity contribution is 5.77. The molecule has 20 heavy (non-hydrogen) atoms. The van der Waals surface area contributed by atoms with Crippen LogP contribution in [0.5, 0.6) is 0 Å². The minimum atomic E-state index is 0.0784. The second-order valence-electron chi connectivity index (χ2n) is 5.76. The van der Waals surface area contributed by atoms with E-state index in [9.17, 15) is 4.79 Å². The third kappa shape index (κ3) is 15.4. The zero-order valence-corrected chi connectivity index (χ0v) is 13.8. The summed E-state index contributed by atoms with van der Waals surface area (Å²) in [5.41, 5.74) is 2.96. The van der Waals surface area contributed by atoms with E-state index in [-0.39, 0.29) is 5.91 Å². The van der Waals surface area contributed by atoms with Crippen LogP contribution in [-0.4, -0.2) is 38.1 Å². The molecule has 0 rings (SSSR count). The molecule has 0 aromatic heterocycles. The Morgan fingerprint density at radius 2 is 1.35 bits per heavy atom. The van der Waals surface area contributed by atoms with Crippen LogP contribution in [0.25, 0.3) is 0 Å². The van der Waals surface area contributed by atoms with Gasteiger partial charge in [-0.1, -0.05) is 64.7 Å². The van der Waals surface area contributed by atoms with Crippen molar-refractivity contribution < 1.29 is 4.79 Å². The van der Waals surface area contributed by atoms with Crippen LogP contribution in [0.4, 0.5) is 0 Å². The molecule has 0 aliphatic heterocycles. The first-order valence-electron chi connectivity index (χ1n) is 8.34. The van der Waals surface area contributed by atoms with Crippen LogP contribution in [0.3, 0.4) is 0 Å². The van der Waals surface area contributed by atoms with Crippen molar-refractivity contribution in [1.29, 1.82) is 0 Å². The van der Waals surface area contributed by atoms with Crippen molar-refractivity contribution in [2.75, 3.05) is 27.2 Å². The van der Waals surface area contributed by atoms with E-state index < -0.39 is 0 Å². The van der Waals surface area contributed by atoms with E-state index in [0.717, 1.165) is 13.0 Å². The summed E-state index contributed by atoms with van der Waals surface area (Å²) in [6.45, 7) is 3.44. The van der Waals surface area contributed by atoms with Crippen LogP contribution < -0.4 is 10.7 Å². The number of carbonyl (C=O) groups is 1. The molecule has 0 aliphatic carbocycles. The van der Waals surface area contributed by atoms with Gasteiger partial charge in [0, 0.05) is 20.6 Å². The zero-order chi connectivity index (χ0) is 15.1. The van der Waals surface area contributed by atoms with Crippen molar-refractivity contribution in [3.63, 3.8) is 0 Å². The van der Waals surface area contributed by atoms with Gasteiger partial charge < -0.3 is 5.32 Å². The fourth-order valence-corrected chi connectivity index (χ4v) is 2.13. The molecule has 4 nitrogen and oxygen atoms in total. The first-order chi connectivity index (χ1) is 9.66. The van der Waals surface area contributed by atoms with Gasteiger partial charge in [-0.05, 0) is 6.42 Å². The molecule has 0 heterocycles. The highest BCUT2D eigenvalue weighted by Gasteiger charge is 1.99. The average Bonchev–Trinajstić information content (AvgIpc) is 2.42. The van der Waals surface area contributed by atoms with E-state index in [0.29, 0.717) is 6.54 Å². The Hall–Kier alpha value is -0.610. The topological polar surface area (TPSA) is 44.4 Å². The van der Waals surface area contributed by atoms with Gasteiger partial charge in [0.2, 0.25) is 5.91 Å². The number of nitrogens with zero attached hydrogens (tertiary/aromatic N) is 1. The fraction of sp³-hybridized carbons (Fsp3) is 0.938. The summed E-state index contributed by atoms with van der Waals surface area (Å²) in [6, 6.07) is 0. The van der Waals surface area contributed by atoms with Crippen molar-refractivity contribution in [1.82, 2.24) is 15.8 Å². The van der Waals surface area contributed by atoms with E-state index in [1.54, 1.807) is 5.01 Å². The van der Waals surface area contributed by atoms with Gasteiger partial charge in [0.15, 0.2) is 0 Å². The monoisotopic (exact) mass is 285 g/mol. The molecule has 4 heteroatoms. The summed E-state index contributed by atoms with van der Waals surface area (Å²) >= 11 is 0. The maximum atomic E-state index is 11.4. The molecule has 2 N–H and O–H groups in total. The van der Waals surface area contributed by atoms with Gasteiger partial charge in [0.25, 0.3) is 0 Å². The number of unbranched alkanes of at least 4 members (excludes halogenated alkanes) is 9. The highest BCUT2D eigenvalue weighted by atomic mass is 16.2. The van der Waals surface area contributed by atoms with Crippen LogP contribution in [0.1, 0.15) is 71.1 Å². The van der Waals surface area contributed by atoms with Crippen LogP contribution in [0, 0.1) is 0 Å². The van der Waals surface area contributed by atoms with E-state index in [4.69, 9.17) is 0 Å². The van der Waals surface area contributed by atoms with E-state index in [2.05, 4.69) is 17.7 Å². The first kappa shape index (κ1) is 19.4. The van der Waals surface area contributed by atoms with Crippen LogP contribution >= 0.6 is 0 Å². The van der Waals surface area contributed by atoms with E-state index >= 15 is 0 Å². The Morgan fingerprint density at radius 3 is 1.85 bits per heavy atom. The normalized spacial score (nSPS) is 11.0. The summed E-state index contributed by atoms with van der Waals surface area (Å²) in [7, 11) is 3.77. The number of rotatable bonds is 14. The minimum Gasteiger partial charge on any atom is -0.355 e. The molecule has 0 spiro atoms. The maximum Gasteiger partial charge on any atom is 0.235 e. The Balaban J connectivity index is 3.11. The largest absolute Gasteiger partial charge is 0.355 e. The molecule has 0 bridgehead atoms. The second kappa shape index (κ2) is 14.8. The molecule has 1 amide bonds. The molecule has 0 aromatic carbocycles. The smallest absolute Gasteiger partial charge is 0.235 e. The highest BCUT2D eigenvalue weighted by Crippen LogP contribution is 2.10. The van der Waals surface area contributed by atoms with Gasteiger partial charge in [-0.25, -0.2) is 5.43 Å². The lowest BCUT2D eigenvalue weighted by Crippen LogP contribution is -2.40. The molecule has 0 aliphatic rings. The van der Waals surface area contributed by atoms with Gasteiger partial charge in [0.05, 0.1) is 6.54 Å². The molecule has 0 radical (unpaired) electrons. The summed E-state index contributed by atoms with van der Waals surface area (Å²) in [6.07, 6.45) is 13.3. The number of hydrogen-bond donors (Lipinski definition) is 2. The zero-order valence-electron chi connectivity index (χ0n) is 13.8. The first-order valence-corrected chi connectivity index (χ1v) is 8.34. The SMILES string of the molecule is CCCCCCCCCCCCNC(=O)CNN(C)C. The number of hydrogen-bond acceptors (Lipinski definition) is 3. The predicted molar refractivity (Wildman–Crippen MR) is 86.5 cm³/mol. The number of hydrazine groups is 1. The molecular formula is C16H35N3O. The number of nitrogens with one attached hydrogen (secondary N) is 2. The number of carbonyl (C=O) groups excluding carboxylic acids is 1. The molecule has 0 saturated carbocycles. The summed E-state index contributed by atoms with van der Waals surface area (Å²) in [5.74, 6) is 0.0784. The standard InChI is InChI=1S/C16H35N3O/c1-4-5-6-7-8-9-10-11-12-13-14-17-16(20)15-18-19(2)3/h18H,4-15H2,1-3H3,(H,17,20). The van der Waals surface area contributed by atoms with Crippen molar-refractivity contribution in [2.45, 2.75) is 71.1 Å². The molecular weight excluding hydrogens is 250 g/mol. The second-order valence-corrected chi connectivity index (χ2v) is 5.76. The summed E-state index contributed by atoms with van der Waals surface area (Å²) in [4.78, 5) is 11.4. The van der Waals surface area contributed by atoms with Gasteiger partial charge in [-0.15, -0.1) is 0 Å². The molecule has 0 saturated heterocycles. The third-order valence-corrected chi connectivity index (χ3v) is 3.41. The van der Waals surface area contributed by atoms with Gasteiger partial charge in [0.1, 0.15) is 0 Å². The van der Waals surface area contributed by atoms with Gasteiger partial charge >= 0.3 is 0 Å². The van der Waals surface area contributed by atoms with Crippen molar-refractivity contribution >= 4 is 5.91 Å². The number of amides is 1. The molecule has 120 valence electrons. The van der Waals surface area contributed by atoms with Crippen LogP contribution in [0.15, 0.2) is 0 Å². The van der Waals surface area contributed by atoms with Gasteiger partial charge in [-0.3, -0.25) is 9.80 Å². The lowest BCUT2D eigenvalue weighted by molar-refractivity contribution is -0.120. The Labute approximate surface area is 125 Å². The van der Waals surface area contributed by atoms with Crippen LogP contribution in [0.2, 0.25) is 0 Å². The van der Waals surface area contributed by atoms with E-state index in [1.807, 2.05) is 14.1 Å². The van der Waals surface area contributed by atoms with Gasteiger partial charge in [-0.2, -0.15) is 0 Å². The van der Waals surface area contributed by atoms with Crippen molar-refractivity contribution in [3.8, 4) is 0 Å². The quantitative estimate of drug-likeness (QED) is 0.381. The summed E-state index contributed by atoms with van der Waals surface area (Å²) in [5, 5.41) is 4.73. The summed E-state index contributed by atoms with van der Waals surface area (Å²) < 4.78 is 0. The predicted octanol–water partition coefficient (Wildman–Crippen LogP) is 3.09. The molecule has 0 aromatic rings. The minimum absolute atomic E-state index is 0.0784.